The van der Waals surface area contributed by atoms with Gasteiger partial charge in [-0.15, -0.1) is 0 Å². The summed E-state index contributed by atoms with van der Waals surface area (Å²) in [5.74, 6) is 1.56. The zero-order valence-electron chi connectivity index (χ0n) is 13.0. The molecule has 0 spiro atoms. The van der Waals surface area contributed by atoms with Gasteiger partial charge in [-0.2, -0.15) is 0 Å². The maximum atomic E-state index is 12.4. The first kappa shape index (κ1) is 14.8. The lowest BCUT2D eigenvalue weighted by atomic mass is 9.84. The van der Waals surface area contributed by atoms with Crippen molar-refractivity contribution >= 4 is 5.91 Å². The molecule has 3 nitrogen and oxygen atoms in total. The fraction of sp³-hybridized carbons (Fsp3) is 0.938. The highest BCUT2D eigenvalue weighted by Crippen LogP contribution is 2.29. The van der Waals surface area contributed by atoms with Gasteiger partial charge in [0.25, 0.3) is 0 Å². The number of hydrogen-bond donors (Lipinski definition) is 1. The highest BCUT2D eigenvalue weighted by molar-refractivity contribution is 5.76. The van der Waals surface area contributed by atoms with E-state index in [0.29, 0.717) is 29.2 Å². The predicted octanol–water partition coefficient (Wildman–Crippen LogP) is 2.66. The van der Waals surface area contributed by atoms with Crippen LogP contribution in [0.5, 0.6) is 0 Å². The fourth-order valence-electron chi connectivity index (χ4n) is 3.80. The van der Waals surface area contributed by atoms with Crippen LogP contribution in [0.15, 0.2) is 0 Å². The number of carbonyl (C=O) groups excluding carboxylic acids is 1. The van der Waals surface area contributed by atoms with Crippen LogP contribution in [-0.2, 0) is 4.79 Å². The van der Waals surface area contributed by atoms with Gasteiger partial charge in [-0.3, -0.25) is 4.79 Å². The fourth-order valence-corrected chi connectivity index (χ4v) is 3.80. The van der Waals surface area contributed by atoms with Crippen LogP contribution < -0.4 is 5.32 Å². The standard InChI is InChI=1S/C16H30N2O/c1-12(9-16(2,3)4)8-15(19)18-10-13-6-5-7-17-14(13)11-18/h12-14,17H,5-11H2,1-4H3. The Morgan fingerprint density at radius 2 is 2.11 bits per heavy atom. The van der Waals surface area contributed by atoms with Crippen molar-refractivity contribution in [3.63, 3.8) is 0 Å². The van der Waals surface area contributed by atoms with Gasteiger partial charge in [0.15, 0.2) is 0 Å². The summed E-state index contributed by atoms with van der Waals surface area (Å²) in [5, 5.41) is 3.56. The lowest BCUT2D eigenvalue weighted by molar-refractivity contribution is -0.131. The van der Waals surface area contributed by atoms with Gasteiger partial charge >= 0.3 is 0 Å². The largest absolute Gasteiger partial charge is 0.341 e. The average molecular weight is 266 g/mol. The first-order valence-electron chi connectivity index (χ1n) is 7.86. The Labute approximate surface area is 118 Å². The van der Waals surface area contributed by atoms with E-state index in [-0.39, 0.29) is 0 Å². The van der Waals surface area contributed by atoms with E-state index in [2.05, 4.69) is 37.9 Å². The van der Waals surface area contributed by atoms with Gasteiger partial charge in [0.1, 0.15) is 0 Å². The molecule has 1 amide bonds. The van der Waals surface area contributed by atoms with Crippen molar-refractivity contribution in [3.8, 4) is 0 Å². The summed E-state index contributed by atoms with van der Waals surface area (Å²) < 4.78 is 0. The van der Waals surface area contributed by atoms with Gasteiger partial charge in [-0.05, 0) is 43.1 Å². The first-order chi connectivity index (χ1) is 8.85. The molecule has 2 rings (SSSR count). The quantitative estimate of drug-likeness (QED) is 0.852. The van der Waals surface area contributed by atoms with E-state index in [1.807, 2.05) is 0 Å². The SMILES string of the molecule is CC(CC(=O)N1CC2CCCNC2C1)CC(C)(C)C. The molecule has 3 unspecified atom stereocenters. The van der Waals surface area contributed by atoms with Crippen LogP contribution in [0.25, 0.3) is 0 Å². The van der Waals surface area contributed by atoms with E-state index in [1.165, 1.54) is 12.8 Å². The average Bonchev–Trinajstić information content (AvgIpc) is 2.69. The Hall–Kier alpha value is -0.570. The normalized spacial score (nSPS) is 29.2. The van der Waals surface area contributed by atoms with Crippen molar-refractivity contribution in [1.82, 2.24) is 10.2 Å². The van der Waals surface area contributed by atoms with E-state index in [4.69, 9.17) is 0 Å². The Morgan fingerprint density at radius 1 is 1.37 bits per heavy atom. The molecular formula is C16H30N2O. The molecule has 0 aliphatic carbocycles. The molecule has 2 fully saturated rings. The lowest BCUT2D eigenvalue weighted by Gasteiger charge is -2.25. The molecule has 3 atom stereocenters. The monoisotopic (exact) mass is 266 g/mol. The Balaban J connectivity index is 1.81. The van der Waals surface area contributed by atoms with Gasteiger partial charge in [0.2, 0.25) is 5.91 Å². The molecule has 0 saturated carbocycles. The first-order valence-corrected chi connectivity index (χ1v) is 7.86. The minimum atomic E-state index is 0.320. The van der Waals surface area contributed by atoms with Gasteiger partial charge < -0.3 is 10.2 Å². The summed E-state index contributed by atoms with van der Waals surface area (Å²) in [4.78, 5) is 14.5. The number of rotatable bonds is 3. The number of likely N-dealkylation sites (tertiary alicyclic amines) is 1. The number of fused-ring (bicyclic) bond motifs is 1. The number of nitrogens with one attached hydrogen (secondary N) is 1. The second-order valence-electron chi connectivity index (χ2n) is 7.84. The van der Waals surface area contributed by atoms with Gasteiger partial charge in [0, 0.05) is 25.6 Å². The van der Waals surface area contributed by atoms with E-state index >= 15 is 0 Å². The molecule has 19 heavy (non-hydrogen) atoms. The molecule has 3 heteroatoms. The minimum absolute atomic E-state index is 0.320. The smallest absolute Gasteiger partial charge is 0.222 e. The molecule has 2 aliphatic rings. The van der Waals surface area contributed by atoms with E-state index in [9.17, 15) is 4.79 Å². The van der Waals surface area contributed by atoms with Crippen LogP contribution in [0.3, 0.4) is 0 Å². The van der Waals surface area contributed by atoms with E-state index in [1.54, 1.807) is 0 Å². The van der Waals surface area contributed by atoms with Crippen molar-refractivity contribution in [2.75, 3.05) is 19.6 Å². The van der Waals surface area contributed by atoms with Gasteiger partial charge in [-0.1, -0.05) is 27.7 Å². The second kappa shape index (κ2) is 5.82. The van der Waals surface area contributed by atoms with Gasteiger partial charge in [-0.25, -0.2) is 0 Å². The zero-order chi connectivity index (χ0) is 14.0. The molecule has 0 bridgehead atoms. The molecule has 0 aromatic carbocycles. The molecule has 0 aromatic heterocycles. The molecule has 110 valence electrons. The van der Waals surface area contributed by atoms with Crippen LogP contribution >= 0.6 is 0 Å². The number of hydrogen-bond acceptors (Lipinski definition) is 2. The summed E-state index contributed by atoms with van der Waals surface area (Å²) in [5.41, 5.74) is 0.320. The second-order valence-corrected chi connectivity index (χ2v) is 7.84. The lowest BCUT2D eigenvalue weighted by Crippen LogP contribution is -2.41. The molecule has 0 aromatic rings. The van der Waals surface area contributed by atoms with Crippen LogP contribution in [0.1, 0.15) is 53.4 Å². The van der Waals surface area contributed by atoms with Crippen molar-refractivity contribution < 1.29 is 4.79 Å². The van der Waals surface area contributed by atoms with Crippen molar-refractivity contribution in [1.29, 1.82) is 0 Å². The predicted molar refractivity (Wildman–Crippen MR) is 78.9 cm³/mol. The van der Waals surface area contributed by atoms with Crippen molar-refractivity contribution in [2.24, 2.45) is 17.3 Å². The van der Waals surface area contributed by atoms with Crippen molar-refractivity contribution in [3.05, 3.63) is 0 Å². The highest BCUT2D eigenvalue weighted by Gasteiger charge is 2.36. The van der Waals surface area contributed by atoms with E-state index in [0.717, 1.165) is 32.5 Å². The molecule has 2 aliphatic heterocycles. The minimum Gasteiger partial charge on any atom is -0.341 e. The topological polar surface area (TPSA) is 32.3 Å². The maximum absolute atomic E-state index is 12.4. The molecule has 0 radical (unpaired) electrons. The molecule has 2 saturated heterocycles. The Morgan fingerprint density at radius 3 is 2.74 bits per heavy atom. The zero-order valence-corrected chi connectivity index (χ0v) is 13.0. The third kappa shape index (κ3) is 4.20. The van der Waals surface area contributed by atoms with Crippen LogP contribution in [0.4, 0.5) is 0 Å². The number of carbonyl (C=O) groups is 1. The summed E-state index contributed by atoms with van der Waals surface area (Å²) in [7, 11) is 0. The summed E-state index contributed by atoms with van der Waals surface area (Å²) in [6, 6.07) is 0.565. The summed E-state index contributed by atoms with van der Waals surface area (Å²) in [6.45, 7) is 12.0. The third-order valence-corrected chi connectivity index (χ3v) is 4.44. The summed E-state index contributed by atoms with van der Waals surface area (Å²) in [6.07, 6.45) is 4.40. The number of piperidine rings is 1. The molecule has 2 heterocycles. The van der Waals surface area contributed by atoms with Crippen molar-refractivity contribution in [2.45, 2.75) is 59.4 Å². The highest BCUT2D eigenvalue weighted by atomic mass is 16.2. The maximum Gasteiger partial charge on any atom is 0.222 e. The Bertz CT molecular complexity index is 307. The van der Waals surface area contributed by atoms with Crippen LogP contribution in [0, 0.1) is 17.3 Å². The molecule has 1 N–H and O–H groups in total. The third-order valence-electron chi connectivity index (χ3n) is 4.44. The van der Waals surface area contributed by atoms with E-state index < -0.39 is 0 Å². The van der Waals surface area contributed by atoms with Gasteiger partial charge in [0.05, 0.1) is 0 Å². The Kier molecular flexibility index (Phi) is 4.54. The number of amides is 1. The summed E-state index contributed by atoms with van der Waals surface area (Å²) >= 11 is 0. The number of nitrogens with zero attached hydrogens (tertiary/aromatic N) is 1. The van der Waals surface area contributed by atoms with Crippen LogP contribution in [0.2, 0.25) is 0 Å². The van der Waals surface area contributed by atoms with Crippen LogP contribution in [-0.4, -0.2) is 36.5 Å². The molecular weight excluding hydrogens is 236 g/mol.